The smallest absolute Gasteiger partial charge is 0.408 e. The number of methoxy groups -OCH3 is 1. The SMILES string of the molecule is COc1ccc(NS(=O)(=O)CN(CCCc2ccccc2)C(=O)[C@H](CC(C)C)NC(=O)OC(C)(C)C)cc1. The predicted molar refractivity (Wildman–Crippen MR) is 149 cm³/mol. The van der Waals surface area contributed by atoms with E-state index in [1.807, 2.05) is 44.2 Å². The first kappa shape index (κ1) is 31.0. The average molecular weight is 548 g/mol. The summed E-state index contributed by atoms with van der Waals surface area (Å²) < 4.78 is 39.2. The van der Waals surface area contributed by atoms with Crippen molar-refractivity contribution >= 4 is 27.7 Å². The number of amides is 2. The summed E-state index contributed by atoms with van der Waals surface area (Å²) >= 11 is 0. The Morgan fingerprint density at radius 3 is 2.18 bits per heavy atom. The summed E-state index contributed by atoms with van der Waals surface area (Å²) in [5.41, 5.74) is 0.703. The van der Waals surface area contributed by atoms with E-state index in [-0.39, 0.29) is 12.5 Å². The van der Waals surface area contributed by atoms with Gasteiger partial charge in [0.2, 0.25) is 5.91 Å². The Labute approximate surface area is 226 Å². The Balaban J connectivity index is 2.23. The van der Waals surface area contributed by atoms with E-state index >= 15 is 0 Å². The lowest BCUT2D eigenvalue weighted by Crippen LogP contribution is -2.52. The molecule has 2 N–H and O–H groups in total. The van der Waals surface area contributed by atoms with Crippen LogP contribution in [-0.4, -0.2) is 56.5 Å². The largest absolute Gasteiger partial charge is 0.497 e. The highest BCUT2D eigenvalue weighted by molar-refractivity contribution is 7.92. The maximum atomic E-state index is 13.7. The van der Waals surface area contributed by atoms with Crippen LogP contribution in [0, 0.1) is 5.92 Å². The fourth-order valence-electron chi connectivity index (χ4n) is 3.80. The van der Waals surface area contributed by atoms with Gasteiger partial charge in [-0.25, -0.2) is 13.2 Å². The van der Waals surface area contributed by atoms with Gasteiger partial charge in [-0.15, -0.1) is 0 Å². The van der Waals surface area contributed by atoms with Crippen molar-refractivity contribution in [3.8, 4) is 5.75 Å². The van der Waals surface area contributed by atoms with Crippen LogP contribution in [0.5, 0.6) is 5.75 Å². The average Bonchev–Trinajstić information content (AvgIpc) is 2.82. The maximum absolute atomic E-state index is 13.7. The number of hydrogen-bond donors (Lipinski definition) is 2. The quantitative estimate of drug-likeness (QED) is 0.373. The van der Waals surface area contributed by atoms with Gasteiger partial charge >= 0.3 is 6.09 Å². The molecule has 9 nitrogen and oxygen atoms in total. The van der Waals surface area contributed by atoms with Crippen LogP contribution in [0.15, 0.2) is 54.6 Å². The van der Waals surface area contributed by atoms with Crippen molar-refractivity contribution in [3.05, 3.63) is 60.2 Å². The van der Waals surface area contributed by atoms with E-state index < -0.39 is 39.5 Å². The second-order valence-corrected chi connectivity index (χ2v) is 12.3. The molecule has 0 unspecified atom stereocenters. The van der Waals surface area contributed by atoms with Crippen molar-refractivity contribution in [2.24, 2.45) is 5.92 Å². The Hall–Kier alpha value is -3.27. The molecule has 0 saturated carbocycles. The van der Waals surface area contributed by atoms with E-state index in [1.54, 1.807) is 45.0 Å². The monoisotopic (exact) mass is 547 g/mol. The minimum Gasteiger partial charge on any atom is -0.497 e. The Morgan fingerprint density at radius 1 is 1.00 bits per heavy atom. The van der Waals surface area contributed by atoms with Gasteiger partial charge in [-0.2, -0.15) is 0 Å². The third-order valence-corrected chi connectivity index (χ3v) is 6.63. The first-order valence-corrected chi connectivity index (χ1v) is 14.4. The molecule has 2 aromatic carbocycles. The number of alkyl carbamates (subject to hydrolysis) is 1. The second kappa shape index (κ2) is 14.0. The number of benzene rings is 2. The summed E-state index contributed by atoms with van der Waals surface area (Å²) in [7, 11) is -2.42. The van der Waals surface area contributed by atoms with Crippen molar-refractivity contribution in [2.45, 2.75) is 65.5 Å². The van der Waals surface area contributed by atoms with Crippen molar-refractivity contribution in [1.82, 2.24) is 10.2 Å². The van der Waals surface area contributed by atoms with Crippen LogP contribution >= 0.6 is 0 Å². The van der Waals surface area contributed by atoms with Crippen LogP contribution < -0.4 is 14.8 Å². The van der Waals surface area contributed by atoms with Gasteiger partial charge < -0.3 is 19.7 Å². The summed E-state index contributed by atoms with van der Waals surface area (Å²) in [4.78, 5) is 27.5. The van der Waals surface area contributed by atoms with Gasteiger partial charge in [0.15, 0.2) is 0 Å². The molecule has 0 aliphatic heterocycles. The van der Waals surface area contributed by atoms with Crippen molar-refractivity contribution in [3.63, 3.8) is 0 Å². The molecule has 2 aromatic rings. The lowest BCUT2D eigenvalue weighted by molar-refractivity contribution is -0.133. The molecule has 2 amide bonds. The van der Waals surface area contributed by atoms with Crippen LogP contribution in [0.4, 0.5) is 10.5 Å². The van der Waals surface area contributed by atoms with Crippen LogP contribution in [0.25, 0.3) is 0 Å². The third-order valence-electron chi connectivity index (χ3n) is 5.43. The molecular weight excluding hydrogens is 506 g/mol. The summed E-state index contributed by atoms with van der Waals surface area (Å²) in [6.07, 6.45) is 0.832. The van der Waals surface area contributed by atoms with Gasteiger partial charge in [-0.1, -0.05) is 44.2 Å². The third kappa shape index (κ3) is 11.4. The molecule has 0 heterocycles. The van der Waals surface area contributed by atoms with Crippen LogP contribution in [0.2, 0.25) is 0 Å². The highest BCUT2D eigenvalue weighted by Crippen LogP contribution is 2.18. The molecule has 0 fully saturated rings. The maximum Gasteiger partial charge on any atom is 0.408 e. The standard InChI is InChI=1S/C28H41N3O6S/c1-21(2)19-25(29-27(33)37-28(3,4)5)26(32)31(18-10-13-22-11-8-7-9-12-22)20-38(34,35)30-23-14-16-24(36-6)17-15-23/h7-9,11-12,14-17,21,25,30H,10,13,18-20H2,1-6H3,(H,29,33)/t25-/m0/s1. The zero-order valence-electron chi connectivity index (χ0n) is 23.2. The molecule has 210 valence electrons. The fourth-order valence-corrected chi connectivity index (χ4v) is 5.02. The van der Waals surface area contributed by atoms with Gasteiger partial charge in [0, 0.05) is 12.2 Å². The lowest BCUT2D eigenvalue weighted by Gasteiger charge is -2.29. The summed E-state index contributed by atoms with van der Waals surface area (Å²) in [6.45, 7) is 9.26. The highest BCUT2D eigenvalue weighted by Gasteiger charge is 2.31. The molecular formula is C28H41N3O6S. The van der Waals surface area contributed by atoms with Gasteiger partial charge in [-0.3, -0.25) is 9.52 Å². The molecule has 0 bridgehead atoms. The summed E-state index contributed by atoms with van der Waals surface area (Å²) in [5.74, 6) is -0.371. The Kier molecular flexibility index (Phi) is 11.4. The number of anilines is 1. The van der Waals surface area contributed by atoms with Crippen molar-refractivity contribution in [1.29, 1.82) is 0 Å². The minimum atomic E-state index is -3.94. The van der Waals surface area contributed by atoms with E-state index in [2.05, 4.69) is 10.0 Å². The van der Waals surface area contributed by atoms with Gasteiger partial charge in [0.25, 0.3) is 10.0 Å². The topological polar surface area (TPSA) is 114 Å². The molecule has 0 aliphatic carbocycles. The zero-order valence-corrected chi connectivity index (χ0v) is 24.0. The van der Waals surface area contributed by atoms with Gasteiger partial charge in [0.1, 0.15) is 23.3 Å². The number of aryl methyl sites for hydroxylation is 1. The molecule has 0 spiro atoms. The molecule has 0 aliphatic rings. The fraction of sp³-hybridized carbons (Fsp3) is 0.500. The van der Waals surface area contributed by atoms with Crippen molar-refractivity contribution < 1.29 is 27.5 Å². The summed E-state index contributed by atoms with van der Waals surface area (Å²) in [5, 5.41) is 2.66. The van der Waals surface area contributed by atoms with E-state index in [1.165, 1.54) is 12.0 Å². The number of carbonyl (C=O) groups is 2. The number of nitrogens with one attached hydrogen (secondary N) is 2. The van der Waals surface area contributed by atoms with E-state index in [0.717, 1.165) is 5.56 Å². The van der Waals surface area contributed by atoms with Crippen molar-refractivity contribution in [2.75, 3.05) is 24.3 Å². The van der Waals surface area contributed by atoms with Crippen LogP contribution in [0.1, 0.15) is 53.0 Å². The number of carbonyl (C=O) groups excluding carboxylic acids is 2. The highest BCUT2D eigenvalue weighted by atomic mass is 32.2. The molecule has 38 heavy (non-hydrogen) atoms. The first-order valence-electron chi connectivity index (χ1n) is 12.7. The zero-order chi connectivity index (χ0) is 28.3. The molecule has 0 radical (unpaired) electrons. The predicted octanol–water partition coefficient (Wildman–Crippen LogP) is 4.80. The van der Waals surface area contributed by atoms with E-state index in [9.17, 15) is 18.0 Å². The van der Waals surface area contributed by atoms with E-state index in [4.69, 9.17) is 9.47 Å². The van der Waals surface area contributed by atoms with E-state index in [0.29, 0.717) is 30.7 Å². The Morgan fingerprint density at radius 2 is 1.63 bits per heavy atom. The first-order chi connectivity index (χ1) is 17.8. The molecule has 2 rings (SSSR count). The van der Waals surface area contributed by atoms with Gasteiger partial charge in [-0.05, 0) is 75.8 Å². The van der Waals surface area contributed by atoms with Gasteiger partial charge in [0.05, 0.1) is 7.11 Å². The number of hydrogen-bond acceptors (Lipinski definition) is 6. The molecule has 10 heteroatoms. The van der Waals surface area contributed by atoms with Crippen LogP contribution in [-0.2, 0) is 26.0 Å². The molecule has 0 saturated heterocycles. The lowest BCUT2D eigenvalue weighted by atomic mass is 10.0. The number of ether oxygens (including phenoxy) is 2. The minimum absolute atomic E-state index is 0.0686. The molecule has 1 atom stereocenters. The molecule has 0 aromatic heterocycles. The number of sulfonamides is 1. The number of rotatable bonds is 13. The van der Waals surface area contributed by atoms with Crippen LogP contribution in [0.3, 0.4) is 0 Å². The second-order valence-electron chi connectivity index (χ2n) is 10.6. The normalized spacial score (nSPS) is 12.5. The Bertz CT molecular complexity index is 1130. The summed E-state index contributed by atoms with van der Waals surface area (Å²) in [6, 6.07) is 15.3. The number of nitrogens with zero attached hydrogens (tertiary/aromatic N) is 1.